The van der Waals surface area contributed by atoms with Crippen molar-refractivity contribution in [2.75, 3.05) is 19.6 Å². The van der Waals surface area contributed by atoms with Crippen LogP contribution in [0.2, 0.25) is 0 Å². The molecule has 0 radical (unpaired) electrons. The lowest BCUT2D eigenvalue weighted by Crippen LogP contribution is -2.46. The Labute approximate surface area is 182 Å². The van der Waals surface area contributed by atoms with E-state index in [4.69, 9.17) is 0 Å². The maximum Gasteiger partial charge on any atom is 0.243 e. The first kappa shape index (κ1) is 20.2. The molecular weight excluding hydrogens is 416 g/mol. The van der Waals surface area contributed by atoms with Gasteiger partial charge in [-0.05, 0) is 85.7 Å². The van der Waals surface area contributed by atoms with E-state index in [1.165, 1.54) is 21.6 Å². The lowest BCUT2D eigenvalue weighted by atomic mass is 9.93. The third kappa shape index (κ3) is 3.41. The van der Waals surface area contributed by atoms with E-state index in [9.17, 15) is 13.2 Å². The second-order valence-electron chi connectivity index (χ2n) is 8.72. The van der Waals surface area contributed by atoms with Crippen LogP contribution in [0.5, 0.6) is 0 Å². The highest BCUT2D eigenvalue weighted by molar-refractivity contribution is 7.89. The number of hydrogen-bond acceptors (Lipinski definition) is 4. The highest BCUT2D eigenvalue weighted by atomic mass is 32.2. The summed E-state index contributed by atoms with van der Waals surface area (Å²) in [6.07, 6.45) is 5.24. The topological polar surface area (TPSA) is 57.7 Å². The molecule has 160 valence electrons. The number of nitrogens with zero attached hydrogens (tertiary/aromatic N) is 2. The zero-order chi connectivity index (χ0) is 20.9. The largest absolute Gasteiger partial charge is 0.335 e. The molecule has 1 aromatic heterocycles. The Balaban J connectivity index is 1.25. The van der Waals surface area contributed by atoms with Gasteiger partial charge in [-0.1, -0.05) is 6.07 Å². The van der Waals surface area contributed by atoms with Crippen molar-refractivity contribution < 1.29 is 13.2 Å². The van der Waals surface area contributed by atoms with E-state index in [1.54, 1.807) is 21.7 Å². The number of fused-ring (bicyclic) bond motifs is 2. The van der Waals surface area contributed by atoms with Gasteiger partial charge < -0.3 is 4.90 Å². The SMILES string of the molecule is CC1c2ccsc2CCN1C(=O)C1CCN(S(=O)(=O)c2ccc3c(c2)CCC3)CC1. The number of piperidine rings is 1. The van der Waals surface area contributed by atoms with Crippen LogP contribution in [0.4, 0.5) is 0 Å². The average Bonchev–Trinajstić information content (AvgIpc) is 3.43. The van der Waals surface area contributed by atoms with E-state index in [1.807, 2.05) is 17.0 Å². The van der Waals surface area contributed by atoms with Gasteiger partial charge in [0.1, 0.15) is 0 Å². The van der Waals surface area contributed by atoms with Gasteiger partial charge in [0, 0.05) is 30.4 Å². The van der Waals surface area contributed by atoms with Gasteiger partial charge in [-0.3, -0.25) is 4.79 Å². The molecule has 1 aliphatic carbocycles. The van der Waals surface area contributed by atoms with Crippen molar-refractivity contribution in [2.45, 2.75) is 56.4 Å². The van der Waals surface area contributed by atoms with Crippen LogP contribution in [0.1, 0.15) is 53.8 Å². The lowest BCUT2D eigenvalue weighted by molar-refractivity contribution is -0.139. The molecule has 3 aliphatic rings. The van der Waals surface area contributed by atoms with E-state index in [0.717, 1.165) is 32.2 Å². The summed E-state index contributed by atoms with van der Waals surface area (Å²) in [7, 11) is -3.49. The predicted octanol–water partition coefficient (Wildman–Crippen LogP) is 3.78. The molecule has 2 aromatic rings. The van der Waals surface area contributed by atoms with Gasteiger partial charge in [-0.2, -0.15) is 4.31 Å². The van der Waals surface area contributed by atoms with Crippen molar-refractivity contribution >= 4 is 27.3 Å². The van der Waals surface area contributed by atoms with Crippen LogP contribution in [0.25, 0.3) is 0 Å². The zero-order valence-corrected chi connectivity index (χ0v) is 19.0. The predicted molar refractivity (Wildman–Crippen MR) is 118 cm³/mol. The van der Waals surface area contributed by atoms with Gasteiger partial charge >= 0.3 is 0 Å². The first-order valence-corrected chi connectivity index (χ1v) is 13.3. The van der Waals surface area contributed by atoms with Gasteiger partial charge in [0.2, 0.25) is 15.9 Å². The van der Waals surface area contributed by atoms with Gasteiger partial charge in [-0.25, -0.2) is 8.42 Å². The molecule has 3 heterocycles. The molecule has 1 aromatic carbocycles. The first-order chi connectivity index (χ1) is 14.4. The zero-order valence-electron chi connectivity index (χ0n) is 17.3. The van der Waals surface area contributed by atoms with Crippen molar-refractivity contribution in [2.24, 2.45) is 5.92 Å². The molecule has 1 amide bonds. The fourth-order valence-corrected chi connectivity index (χ4v) is 7.73. The molecule has 5 rings (SSSR count). The molecular formula is C23H28N2O3S2. The highest BCUT2D eigenvalue weighted by Gasteiger charge is 2.37. The molecule has 1 atom stereocenters. The van der Waals surface area contributed by atoms with Gasteiger partial charge in [-0.15, -0.1) is 11.3 Å². The van der Waals surface area contributed by atoms with Crippen LogP contribution in [-0.2, 0) is 34.1 Å². The summed E-state index contributed by atoms with van der Waals surface area (Å²) in [5, 5.41) is 2.11. The maximum atomic E-state index is 13.2. The Bertz CT molecular complexity index is 1070. The Morgan fingerprint density at radius 2 is 1.80 bits per heavy atom. The van der Waals surface area contributed by atoms with Gasteiger partial charge in [0.25, 0.3) is 0 Å². The summed E-state index contributed by atoms with van der Waals surface area (Å²) in [5.41, 5.74) is 3.73. The number of rotatable bonds is 3. The molecule has 5 nitrogen and oxygen atoms in total. The van der Waals surface area contributed by atoms with Crippen LogP contribution >= 0.6 is 11.3 Å². The molecule has 1 saturated heterocycles. The number of amides is 1. The van der Waals surface area contributed by atoms with Gasteiger partial charge in [0.15, 0.2) is 0 Å². The smallest absolute Gasteiger partial charge is 0.243 e. The molecule has 30 heavy (non-hydrogen) atoms. The summed E-state index contributed by atoms with van der Waals surface area (Å²) >= 11 is 1.78. The monoisotopic (exact) mass is 444 g/mol. The third-order valence-electron chi connectivity index (χ3n) is 7.07. The minimum absolute atomic E-state index is 0.0842. The standard InChI is InChI=1S/C23H28N2O3S2/c1-16-21-10-14-29-22(21)9-13-25(16)23(26)18-7-11-24(12-8-18)30(27,28)20-6-5-17-3-2-4-19(17)15-20/h5-6,10,14-16,18H,2-4,7-9,11-13H2,1H3. The quantitative estimate of drug-likeness (QED) is 0.724. The van der Waals surface area contributed by atoms with Crippen molar-refractivity contribution in [3.63, 3.8) is 0 Å². The minimum Gasteiger partial charge on any atom is -0.335 e. The van der Waals surface area contributed by atoms with Crippen LogP contribution < -0.4 is 0 Å². The second-order valence-corrected chi connectivity index (χ2v) is 11.7. The first-order valence-electron chi connectivity index (χ1n) is 10.9. The number of aryl methyl sites for hydroxylation is 2. The van der Waals surface area contributed by atoms with Crippen LogP contribution in [0, 0.1) is 5.92 Å². The highest BCUT2D eigenvalue weighted by Crippen LogP contribution is 2.35. The fraction of sp³-hybridized carbons (Fsp3) is 0.522. The van der Waals surface area contributed by atoms with Crippen LogP contribution in [0.15, 0.2) is 34.5 Å². The lowest BCUT2D eigenvalue weighted by Gasteiger charge is -2.38. The number of thiophene rings is 1. The summed E-state index contributed by atoms with van der Waals surface area (Å²) < 4.78 is 27.9. The number of carbonyl (C=O) groups excluding carboxylic acids is 1. The molecule has 2 aliphatic heterocycles. The molecule has 0 spiro atoms. The van der Waals surface area contributed by atoms with Gasteiger partial charge in [0.05, 0.1) is 10.9 Å². The Kier molecular flexibility index (Phi) is 5.24. The minimum atomic E-state index is -3.49. The van der Waals surface area contributed by atoms with Crippen molar-refractivity contribution in [1.29, 1.82) is 0 Å². The Hall–Kier alpha value is -1.70. The summed E-state index contributed by atoms with van der Waals surface area (Å²) in [6, 6.07) is 7.84. The molecule has 0 bridgehead atoms. The number of benzene rings is 1. The van der Waals surface area contributed by atoms with Crippen LogP contribution in [0.3, 0.4) is 0 Å². The third-order valence-corrected chi connectivity index (χ3v) is 9.96. The number of hydrogen-bond donors (Lipinski definition) is 0. The Morgan fingerprint density at radius 3 is 2.60 bits per heavy atom. The molecule has 0 saturated carbocycles. The molecule has 7 heteroatoms. The summed E-state index contributed by atoms with van der Waals surface area (Å²) in [6.45, 7) is 3.71. The normalized spacial score (nSPS) is 22.7. The molecule has 1 unspecified atom stereocenters. The van der Waals surface area contributed by atoms with E-state index in [0.29, 0.717) is 30.8 Å². The van der Waals surface area contributed by atoms with Crippen molar-refractivity contribution in [3.8, 4) is 0 Å². The maximum absolute atomic E-state index is 13.2. The summed E-state index contributed by atoms with van der Waals surface area (Å²) in [4.78, 5) is 17.0. The summed E-state index contributed by atoms with van der Waals surface area (Å²) in [5.74, 6) is 0.105. The second kappa shape index (κ2) is 7.77. The number of sulfonamides is 1. The van der Waals surface area contributed by atoms with Crippen molar-refractivity contribution in [3.05, 3.63) is 51.2 Å². The van der Waals surface area contributed by atoms with E-state index in [-0.39, 0.29) is 17.9 Å². The number of carbonyl (C=O) groups is 1. The Morgan fingerprint density at radius 1 is 1.03 bits per heavy atom. The van der Waals surface area contributed by atoms with E-state index >= 15 is 0 Å². The van der Waals surface area contributed by atoms with Crippen LogP contribution in [-0.4, -0.2) is 43.2 Å². The van der Waals surface area contributed by atoms with Crippen molar-refractivity contribution in [1.82, 2.24) is 9.21 Å². The molecule has 0 N–H and O–H groups in total. The van der Waals surface area contributed by atoms with E-state index in [2.05, 4.69) is 18.4 Å². The fourth-order valence-electron chi connectivity index (χ4n) is 5.25. The average molecular weight is 445 g/mol. The molecule has 1 fully saturated rings. The van der Waals surface area contributed by atoms with E-state index < -0.39 is 10.0 Å².